The Kier molecular flexibility index (Phi) is 4.86. The van der Waals surface area contributed by atoms with Gasteiger partial charge in [-0.05, 0) is 18.2 Å². The number of rotatable bonds is 4. The lowest BCUT2D eigenvalue weighted by Gasteiger charge is -2.31. The number of halogens is 2. The van der Waals surface area contributed by atoms with Gasteiger partial charge in [0.15, 0.2) is 11.5 Å². The van der Waals surface area contributed by atoms with Crippen molar-refractivity contribution in [3.63, 3.8) is 0 Å². The Bertz CT molecular complexity index is 1010. The first-order chi connectivity index (χ1) is 13.3. The maximum absolute atomic E-state index is 13.9. The Morgan fingerprint density at radius 2 is 1.75 bits per heavy atom. The third kappa shape index (κ3) is 3.50. The molecule has 2 aliphatic rings. The minimum atomic E-state index is -4.03. The van der Waals surface area contributed by atoms with Gasteiger partial charge >= 0.3 is 0 Å². The molecule has 2 aromatic carbocycles. The van der Waals surface area contributed by atoms with E-state index in [0.29, 0.717) is 42.8 Å². The van der Waals surface area contributed by atoms with Gasteiger partial charge in [0.25, 0.3) is 0 Å². The number of aromatic hydroxyl groups is 1. The molecule has 28 heavy (non-hydrogen) atoms. The van der Waals surface area contributed by atoms with E-state index in [4.69, 9.17) is 9.47 Å². The quantitative estimate of drug-likeness (QED) is 0.763. The molecular formula is C18H19F2N2O5S+. The van der Waals surface area contributed by atoms with Gasteiger partial charge in [0.1, 0.15) is 28.8 Å². The predicted octanol–water partition coefficient (Wildman–Crippen LogP) is 0.489. The summed E-state index contributed by atoms with van der Waals surface area (Å²) in [6.45, 7) is 1.95. The van der Waals surface area contributed by atoms with E-state index in [-0.39, 0.29) is 25.6 Å². The molecule has 0 radical (unpaired) electrons. The lowest BCUT2D eigenvalue weighted by Crippen LogP contribution is -3.13. The number of fused-ring (bicyclic) bond motifs is 1. The maximum atomic E-state index is 13.9. The third-order valence-electron chi connectivity index (χ3n) is 4.96. The molecule has 0 bridgehead atoms. The number of hydrogen-bond acceptors (Lipinski definition) is 5. The maximum Gasteiger partial charge on any atom is 0.246 e. The van der Waals surface area contributed by atoms with Crippen LogP contribution in [0.4, 0.5) is 8.78 Å². The molecule has 0 spiro atoms. The van der Waals surface area contributed by atoms with Crippen LogP contribution in [0.1, 0.15) is 5.56 Å². The summed E-state index contributed by atoms with van der Waals surface area (Å²) in [5, 5.41) is 10.2. The fraction of sp³-hybridized carbons (Fsp3) is 0.333. The number of sulfonamides is 1. The van der Waals surface area contributed by atoms with E-state index in [1.165, 1.54) is 10.4 Å². The second kappa shape index (κ2) is 7.19. The average Bonchev–Trinajstić information content (AvgIpc) is 3.09. The summed E-state index contributed by atoms with van der Waals surface area (Å²) in [5.41, 5.74) is 0.681. The van der Waals surface area contributed by atoms with Crippen LogP contribution in [0.5, 0.6) is 17.2 Å². The molecule has 0 atom stereocenters. The molecule has 0 unspecified atom stereocenters. The number of benzene rings is 2. The SMILES string of the molecule is O=S(=O)(c1ccc(F)cc1F)N1CC[NH+](Cc2cc3c(cc2O)OCO3)CC1. The number of ether oxygens (including phenoxy) is 2. The average molecular weight is 413 g/mol. The van der Waals surface area contributed by atoms with Crippen molar-refractivity contribution in [2.45, 2.75) is 11.4 Å². The monoisotopic (exact) mass is 413 g/mol. The molecule has 0 aromatic heterocycles. The molecule has 0 amide bonds. The van der Waals surface area contributed by atoms with Crippen LogP contribution in [0.25, 0.3) is 0 Å². The number of hydrogen-bond donors (Lipinski definition) is 2. The zero-order chi connectivity index (χ0) is 19.9. The highest BCUT2D eigenvalue weighted by Gasteiger charge is 2.33. The van der Waals surface area contributed by atoms with Crippen molar-refractivity contribution in [1.82, 2.24) is 4.31 Å². The van der Waals surface area contributed by atoms with Crippen LogP contribution in [0.2, 0.25) is 0 Å². The summed E-state index contributed by atoms with van der Waals surface area (Å²) in [6.07, 6.45) is 0. The van der Waals surface area contributed by atoms with Crippen LogP contribution in [-0.4, -0.2) is 50.8 Å². The van der Waals surface area contributed by atoms with Gasteiger partial charge in [-0.15, -0.1) is 0 Å². The van der Waals surface area contributed by atoms with Crippen molar-refractivity contribution in [2.24, 2.45) is 0 Å². The molecule has 2 aromatic rings. The summed E-state index contributed by atoms with van der Waals surface area (Å²) >= 11 is 0. The Hall–Kier alpha value is -2.43. The molecule has 4 rings (SSSR count). The van der Waals surface area contributed by atoms with Gasteiger partial charge in [-0.2, -0.15) is 4.31 Å². The molecule has 150 valence electrons. The molecule has 1 fully saturated rings. The van der Waals surface area contributed by atoms with Crippen molar-refractivity contribution >= 4 is 10.0 Å². The highest BCUT2D eigenvalue weighted by atomic mass is 32.2. The van der Waals surface area contributed by atoms with Gasteiger partial charge < -0.3 is 19.5 Å². The molecule has 7 nitrogen and oxygen atoms in total. The summed E-state index contributed by atoms with van der Waals surface area (Å²) in [6, 6.07) is 5.68. The number of nitrogens with one attached hydrogen (secondary N) is 1. The molecule has 2 heterocycles. The molecule has 0 aliphatic carbocycles. The molecular weight excluding hydrogens is 394 g/mol. The summed E-state index contributed by atoms with van der Waals surface area (Å²) in [7, 11) is -4.03. The largest absolute Gasteiger partial charge is 0.507 e. The number of phenols is 1. The van der Waals surface area contributed by atoms with Gasteiger partial charge in [-0.3, -0.25) is 0 Å². The standard InChI is InChI=1S/C18H18F2N2O5S/c19-13-1-2-18(14(20)8-13)28(24,25)22-5-3-21(4-6-22)10-12-7-16-17(9-15(12)23)27-11-26-16/h1-2,7-9,23H,3-6,10-11H2/p+1. The van der Waals surface area contributed by atoms with E-state index in [9.17, 15) is 22.3 Å². The first kappa shape index (κ1) is 18.9. The highest BCUT2D eigenvalue weighted by Crippen LogP contribution is 2.37. The summed E-state index contributed by atoms with van der Waals surface area (Å²) in [5.74, 6) is -0.761. The lowest BCUT2D eigenvalue weighted by atomic mass is 10.1. The van der Waals surface area contributed by atoms with Crippen LogP contribution in [0.15, 0.2) is 35.2 Å². The second-order valence-electron chi connectivity index (χ2n) is 6.74. The van der Waals surface area contributed by atoms with Gasteiger partial charge in [0, 0.05) is 12.1 Å². The number of quaternary nitrogens is 1. The van der Waals surface area contributed by atoms with Crippen LogP contribution in [0, 0.1) is 11.6 Å². The fourth-order valence-electron chi connectivity index (χ4n) is 3.43. The molecule has 10 heteroatoms. The topological polar surface area (TPSA) is 80.5 Å². The van der Waals surface area contributed by atoms with E-state index in [1.54, 1.807) is 6.07 Å². The van der Waals surface area contributed by atoms with Crippen molar-refractivity contribution < 1.29 is 36.7 Å². The minimum Gasteiger partial charge on any atom is -0.507 e. The minimum absolute atomic E-state index is 0.0974. The Morgan fingerprint density at radius 3 is 2.43 bits per heavy atom. The molecule has 2 N–H and O–H groups in total. The van der Waals surface area contributed by atoms with Crippen molar-refractivity contribution in [3.8, 4) is 17.2 Å². The van der Waals surface area contributed by atoms with E-state index in [0.717, 1.165) is 17.0 Å². The number of nitrogens with zero attached hydrogens (tertiary/aromatic N) is 1. The smallest absolute Gasteiger partial charge is 0.246 e. The molecule has 0 saturated carbocycles. The number of phenolic OH excluding ortho intramolecular Hbond substituents is 1. The first-order valence-corrected chi connectivity index (χ1v) is 10.2. The van der Waals surface area contributed by atoms with Gasteiger partial charge in [0.2, 0.25) is 16.8 Å². The van der Waals surface area contributed by atoms with E-state index in [2.05, 4.69) is 0 Å². The molecule has 2 aliphatic heterocycles. The summed E-state index contributed by atoms with van der Waals surface area (Å²) < 4.78 is 64.0. The van der Waals surface area contributed by atoms with Gasteiger partial charge in [-0.1, -0.05) is 0 Å². The fourth-order valence-corrected chi connectivity index (χ4v) is 4.91. The summed E-state index contributed by atoms with van der Waals surface area (Å²) in [4.78, 5) is 0.547. The number of piperazine rings is 1. The predicted molar refractivity (Wildman–Crippen MR) is 93.7 cm³/mol. The van der Waals surface area contributed by atoms with Crippen LogP contribution >= 0.6 is 0 Å². The lowest BCUT2D eigenvalue weighted by molar-refractivity contribution is -0.917. The third-order valence-corrected chi connectivity index (χ3v) is 6.89. The van der Waals surface area contributed by atoms with Crippen LogP contribution in [-0.2, 0) is 16.6 Å². The van der Waals surface area contributed by atoms with Crippen molar-refractivity contribution in [3.05, 3.63) is 47.5 Å². The Morgan fingerprint density at radius 1 is 1.07 bits per heavy atom. The highest BCUT2D eigenvalue weighted by molar-refractivity contribution is 7.89. The van der Waals surface area contributed by atoms with Crippen LogP contribution < -0.4 is 14.4 Å². The van der Waals surface area contributed by atoms with E-state index < -0.39 is 26.6 Å². The van der Waals surface area contributed by atoms with Crippen LogP contribution in [0.3, 0.4) is 0 Å². The van der Waals surface area contributed by atoms with Gasteiger partial charge in [0.05, 0.1) is 31.7 Å². The normalized spacial score (nSPS) is 17.8. The van der Waals surface area contributed by atoms with E-state index >= 15 is 0 Å². The van der Waals surface area contributed by atoms with E-state index in [1.807, 2.05) is 0 Å². The zero-order valence-corrected chi connectivity index (χ0v) is 15.6. The zero-order valence-electron chi connectivity index (χ0n) is 14.8. The first-order valence-electron chi connectivity index (χ1n) is 8.75. The van der Waals surface area contributed by atoms with Gasteiger partial charge in [-0.25, -0.2) is 17.2 Å². The Balaban J connectivity index is 1.43. The van der Waals surface area contributed by atoms with Crippen molar-refractivity contribution in [2.75, 3.05) is 33.0 Å². The second-order valence-corrected chi connectivity index (χ2v) is 8.65. The Labute approximate surface area is 160 Å². The molecule has 1 saturated heterocycles. The van der Waals surface area contributed by atoms with Crippen molar-refractivity contribution in [1.29, 1.82) is 0 Å².